The van der Waals surface area contributed by atoms with E-state index in [2.05, 4.69) is 22.6 Å². The standard InChI is InChI=1S/C11H21N3/c1-14-10-2-3-11(14)5-8(4-10)13-9-6-12-7-9/h8-13H,2-7H2,1H3. The summed E-state index contributed by atoms with van der Waals surface area (Å²) in [6, 6.07) is 3.32. The van der Waals surface area contributed by atoms with Crippen molar-refractivity contribution in [2.45, 2.75) is 49.9 Å². The molecule has 3 aliphatic heterocycles. The van der Waals surface area contributed by atoms with E-state index in [1.807, 2.05) is 0 Å². The van der Waals surface area contributed by atoms with Gasteiger partial charge in [-0.15, -0.1) is 0 Å². The van der Waals surface area contributed by atoms with E-state index in [0.29, 0.717) is 0 Å². The molecule has 0 radical (unpaired) electrons. The molecule has 0 aromatic carbocycles. The summed E-state index contributed by atoms with van der Waals surface area (Å²) >= 11 is 0. The molecule has 80 valence electrons. The second kappa shape index (κ2) is 3.47. The van der Waals surface area contributed by atoms with Gasteiger partial charge >= 0.3 is 0 Å². The Bertz CT molecular complexity index is 201. The van der Waals surface area contributed by atoms with Gasteiger partial charge in [-0.25, -0.2) is 0 Å². The molecule has 3 fully saturated rings. The lowest BCUT2D eigenvalue weighted by Gasteiger charge is -2.40. The highest BCUT2D eigenvalue weighted by Gasteiger charge is 2.39. The van der Waals surface area contributed by atoms with Gasteiger partial charge in [-0.3, -0.25) is 0 Å². The van der Waals surface area contributed by atoms with Crippen molar-refractivity contribution >= 4 is 0 Å². The zero-order valence-electron chi connectivity index (χ0n) is 9.00. The van der Waals surface area contributed by atoms with Crippen molar-refractivity contribution in [1.82, 2.24) is 15.5 Å². The van der Waals surface area contributed by atoms with Gasteiger partial charge in [-0.1, -0.05) is 0 Å². The number of piperidine rings is 1. The van der Waals surface area contributed by atoms with E-state index in [1.165, 1.54) is 38.8 Å². The van der Waals surface area contributed by atoms with E-state index in [-0.39, 0.29) is 0 Å². The molecule has 2 unspecified atom stereocenters. The summed E-state index contributed by atoms with van der Waals surface area (Å²) in [6.07, 6.45) is 5.62. The second-order valence-electron chi connectivity index (χ2n) is 5.24. The van der Waals surface area contributed by atoms with Crippen LogP contribution in [0.25, 0.3) is 0 Å². The van der Waals surface area contributed by atoms with Gasteiger partial charge in [0.2, 0.25) is 0 Å². The molecule has 2 N–H and O–H groups in total. The molecule has 3 rings (SSSR count). The molecule has 2 atom stereocenters. The minimum absolute atomic E-state index is 0.766. The molecule has 3 heteroatoms. The molecule has 0 spiro atoms. The fourth-order valence-electron chi connectivity index (χ4n) is 3.29. The zero-order chi connectivity index (χ0) is 9.54. The lowest BCUT2D eigenvalue weighted by atomic mass is 9.96. The lowest BCUT2D eigenvalue weighted by molar-refractivity contribution is 0.137. The van der Waals surface area contributed by atoms with Gasteiger partial charge in [0.1, 0.15) is 0 Å². The maximum atomic E-state index is 3.79. The summed E-state index contributed by atoms with van der Waals surface area (Å²) in [5.41, 5.74) is 0. The van der Waals surface area contributed by atoms with Crippen LogP contribution in [0.15, 0.2) is 0 Å². The molecular formula is C11H21N3. The van der Waals surface area contributed by atoms with Crippen molar-refractivity contribution in [3.8, 4) is 0 Å². The smallest absolute Gasteiger partial charge is 0.0319 e. The highest BCUT2D eigenvalue weighted by Crippen LogP contribution is 2.34. The molecular weight excluding hydrogens is 174 g/mol. The van der Waals surface area contributed by atoms with Crippen LogP contribution in [0.4, 0.5) is 0 Å². The van der Waals surface area contributed by atoms with Crippen LogP contribution in [-0.2, 0) is 0 Å². The molecule has 3 saturated heterocycles. The van der Waals surface area contributed by atoms with Gasteiger partial charge in [0, 0.05) is 37.3 Å². The Labute approximate surface area is 86.2 Å². The Morgan fingerprint density at radius 3 is 2.21 bits per heavy atom. The minimum atomic E-state index is 0.766. The van der Waals surface area contributed by atoms with Crippen LogP contribution < -0.4 is 10.6 Å². The Kier molecular flexibility index (Phi) is 2.26. The van der Waals surface area contributed by atoms with Gasteiger partial charge < -0.3 is 15.5 Å². The molecule has 0 aromatic heterocycles. The summed E-state index contributed by atoms with van der Waals surface area (Å²) in [5.74, 6) is 0. The Morgan fingerprint density at radius 1 is 1.07 bits per heavy atom. The summed E-state index contributed by atoms with van der Waals surface area (Å²) in [4.78, 5) is 2.61. The van der Waals surface area contributed by atoms with Crippen molar-refractivity contribution < 1.29 is 0 Å². The topological polar surface area (TPSA) is 27.3 Å². The van der Waals surface area contributed by atoms with Crippen LogP contribution in [0.5, 0.6) is 0 Å². The van der Waals surface area contributed by atoms with Crippen LogP contribution >= 0.6 is 0 Å². The molecule has 3 heterocycles. The van der Waals surface area contributed by atoms with E-state index >= 15 is 0 Å². The Hall–Kier alpha value is -0.120. The van der Waals surface area contributed by atoms with E-state index in [4.69, 9.17) is 0 Å². The number of nitrogens with zero attached hydrogens (tertiary/aromatic N) is 1. The molecule has 0 amide bonds. The molecule has 3 nitrogen and oxygen atoms in total. The first-order chi connectivity index (χ1) is 6.83. The fourth-order valence-corrected chi connectivity index (χ4v) is 3.29. The molecule has 0 aliphatic carbocycles. The van der Waals surface area contributed by atoms with Gasteiger partial charge in [0.25, 0.3) is 0 Å². The third kappa shape index (κ3) is 1.47. The Balaban J connectivity index is 1.57. The number of fused-ring (bicyclic) bond motifs is 2. The van der Waals surface area contributed by atoms with Crippen LogP contribution in [0.1, 0.15) is 25.7 Å². The van der Waals surface area contributed by atoms with E-state index in [1.54, 1.807) is 0 Å². The molecule has 2 bridgehead atoms. The average molecular weight is 195 g/mol. The number of hydrogen-bond acceptors (Lipinski definition) is 3. The first-order valence-electron chi connectivity index (χ1n) is 6.01. The van der Waals surface area contributed by atoms with Gasteiger partial charge in [0.15, 0.2) is 0 Å². The van der Waals surface area contributed by atoms with E-state index < -0.39 is 0 Å². The van der Waals surface area contributed by atoms with Crippen molar-refractivity contribution in [2.24, 2.45) is 0 Å². The summed E-state index contributed by atoms with van der Waals surface area (Å²) in [5, 5.41) is 7.11. The largest absolute Gasteiger partial charge is 0.314 e. The van der Waals surface area contributed by atoms with Gasteiger partial charge in [-0.2, -0.15) is 0 Å². The second-order valence-corrected chi connectivity index (χ2v) is 5.24. The maximum absolute atomic E-state index is 3.79. The van der Waals surface area contributed by atoms with Crippen LogP contribution in [0, 0.1) is 0 Å². The highest BCUT2D eigenvalue weighted by molar-refractivity contribution is 4.98. The number of rotatable bonds is 2. The number of hydrogen-bond donors (Lipinski definition) is 2. The summed E-state index contributed by atoms with van der Waals surface area (Å²) < 4.78 is 0. The SMILES string of the molecule is CN1C2CCC1CC(NC1CNC1)C2. The monoisotopic (exact) mass is 195 g/mol. The van der Waals surface area contributed by atoms with Crippen molar-refractivity contribution in [3.05, 3.63) is 0 Å². The van der Waals surface area contributed by atoms with Gasteiger partial charge in [-0.05, 0) is 32.7 Å². The zero-order valence-corrected chi connectivity index (χ0v) is 9.00. The fraction of sp³-hybridized carbons (Fsp3) is 1.00. The molecule has 3 aliphatic rings. The third-order valence-corrected chi connectivity index (χ3v) is 4.35. The number of nitrogens with one attached hydrogen (secondary N) is 2. The van der Waals surface area contributed by atoms with Crippen molar-refractivity contribution in [1.29, 1.82) is 0 Å². The predicted molar refractivity (Wildman–Crippen MR) is 57.4 cm³/mol. The average Bonchev–Trinajstić information content (AvgIpc) is 2.38. The summed E-state index contributed by atoms with van der Waals surface area (Å²) in [7, 11) is 2.31. The first kappa shape index (κ1) is 9.13. The minimum Gasteiger partial charge on any atom is -0.314 e. The van der Waals surface area contributed by atoms with Crippen LogP contribution in [0.3, 0.4) is 0 Å². The Morgan fingerprint density at radius 2 is 1.71 bits per heavy atom. The summed E-state index contributed by atoms with van der Waals surface area (Å²) in [6.45, 7) is 2.36. The first-order valence-corrected chi connectivity index (χ1v) is 6.01. The highest BCUT2D eigenvalue weighted by atomic mass is 15.2. The van der Waals surface area contributed by atoms with Crippen molar-refractivity contribution in [3.63, 3.8) is 0 Å². The van der Waals surface area contributed by atoms with Crippen LogP contribution in [-0.4, -0.2) is 49.2 Å². The third-order valence-electron chi connectivity index (χ3n) is 4.35. The lowest BCUT2D eigenvalue weighted by Crippen LogP contribution is -2.60. The quantitative estimate of drug-likeness (QED) is 0.658. The predicted octanol–water partition coefficient (Wildman–Crippen LogP) is 0.173. The van der Waals surface area contributed by atoms with Gasteiger partial charge in [0.05, 0.1) is 0 Å². The van der Waals surface area contributed by atoms with E-state index in [9.17, 15) is 0 Å². The maximum Gasteiger partial charge on any atom is 0.0319 e. The molecule has 0 saturated carbocycles. The molecule has 14 heavy (non-hydrogen) atoms. The van der Waals surface area contributed by atoms with Crippen molar-refractivity contribution in [2.75, 3.05) is 20.1 Å². The molecule has 0 aromatic rings. The van der Waals surface area contributed by atoms with E-state index in [0.717, 1.165) is 24.2 Å². The van der Waals surface area contributed by atoms with Crippen LogP contribution in [0.2, 0.25) is 0 Å². The normalized spacial score (nSPS) is 43.9.